The highest BCUT2D eigenvalue weighted by molar-refractivity contribution is 5.86. The molecule has 3 aromatic carbocycles. The number of fused-ring (bicyclic) bond motifs is 2. The summed E-state index contributed by atoms with van der Waals surface area (Å²) >= 11 is 0. The molecule has 1 aromatic heterocycles. The SMILES string of the molecule is O=C(CC(c1ccccc1)c1c[nH]c2ccccc12)NCc1ccc2c(c1)OCO2. The standard InChI is InChI=1S/C25H22N2O3/c28-25(27-14-17-10-11-23-24(12-17)30-16-29-23)13-20(18-6-2-1-3-7-18)21-15-26-22-9-5-4-8-19(21)22/h1-12,15,20,26H,13-14,16H2,(H,27,28). The Morgan fingerprint density at radius 1 is 0.967 bits per heavy atom. The van der Waals surface area contributed by atoms with Gasteiger partial charge in [0.15, 0.2) is 11.5 Å². The molecule has 0 saturated heterocycles. The monoisotopic (exact) mass is 398 g/mol. The number of benzene rings is 3. The van der Waals surface area contributed by atoms with Crippen molar-refractivity contribution in [1.82, 2.24) is 10.3 Å². The summed E-state index contributed by atoms with van der Waals surface area (Å²) in [6.45, 7) is 0.694. The van der Waals surface area contributed by atoms with Crippen LogP contribution in [-0.2, 0) is 11.3 Å². The van der Waals surface area contributed by atoms with Crippen molar-refractivity contribution >= 4 is 16.8 Å². The van der Waals surface area contributed by atoms with Gasteiger partial charge in [0.25, 0.3) is 0 Å². The van der Waals surface area contributed by atoms with Crippen LogP contribution in [0.25, 0.3) is 10.9 Å². The van der Waals surface area contributed by atoms with E-state index in [1.165, 1.54) is 0 Å². The molecule has 1 unspecified atom stereocenters. The highest BCUT2D eigenvalue weighted by Gasteiger charge is 2.21. The Balaban J connectivity index is 1.35. The van der Waals surface area contributed by atoms with Gasteiger partial charge in [-0.15, -0.1) is 0 Å². The minimum Gasteiger partial charge on any atom is -0.454 e. The zero-order valence-corrected chi connectivity index (χ0v) is 16.4. The number of nitrogens with one attached hydrogen (secondary N) is 2. The largest absolute Gasteiger partial charge is 0.454 e. The minimum absolute atomic E-state index is 0.00630. The summed E-state index contributed by atoms with van der Waals surface area (Å²) in [5.41, 5.74) is 4.32. The Hall–Kier alpha value is -3.73. The van der Waals surface area contributed by atoms with Crippen molar-refractivity contribution in [1.29, 1.82) is 0 Å². The summed E-state index contributed by atoms with van der Waals surface area (Å²) < 4.78 is 10.8. The molecule has 30 heavy (non-hydrogen) atoms. The summed E-state index contributed by atoms with van der Waals surface area (Å²) in [5.74, 6) is 1.45. The molecule has 1 atom stereocenters. The number of H-pyrrole nitrogens is 1. The van der Waals surface area contributed by atoms with Gasteiger partial charge >= 0.3 is 0 Å². The third kappa shape index (κ3) is 3.62. The smallest absolute Gasteiger partial charge is 0.231 e. The summed E-state index contributed by atoms with van der Waals surface area (Å²) in [7, 11) is 0. The fourth-order valence-electron chi connectivity index (χ4n) is 3.98. The van der Waals surface area contributed by atoms with Gasteiger partial charge in [-0.05, 0) is 34.9 Å². The Morgan fingerprint density at radius 2 is 1.77 bits per heavy atom. The van der Waals surface area contributed by atoms with Crippen molar-refractivity contribution in [2.24, 2.45) is 0 Å². The van der Waals surface area contributed by atoms with E-state index in [-0.39, 0.29) is 18.6 Å². The lowest BCUT2D eigenvalue weighted by Gasteiger charge is -2.17. The van der Waals surface area contributed by atoms with Crippen LogP contribution in [-0.4, -0.2) is 17.7 Å². The fraction of sp³-hybridized carbons (Fsp3) is 0.160. The molecule has 4 aromatic rings. The van der Waals surface area contributed by atoms with E-state index in [0.717, 1.165) is 39.1 Å². The number of hydrogen-bond donors (Lipinski definition) is 2. The molecule has 5 rings (SSSR count). The van der Waals surface area contributed by atoms with Crippen molar-refractivity contribution < 1.29 is 14.3 Å². The summed E-state index contributed by atoms with van der Waals surface area (Å²) in [4.78, 5) is 16.2. The van der Waals surface area contributed by atoms with Crippen LogP contribution in [0, 0.1) is 0 Å². The van der Waals surface area contributed by atoms with E-state index in [1.807, 2.05) is 54.7 Å². The number of aromatic nitrogens is 1. The first-order valence-corrected chi connectivity index (χ1v) is 10.0. The highest BCUT2D eigenvalue weighted by Crippen LogP contribution is 2.34. The third-order valence-electron chi connectivity index (χ3n) is 5.51. The molecule has 150 valence electrons. The van der Waals surface area contributed by atoms with Crippen molar-refractivity contribution in [3.8, 4) is 11.5 Å². The molecular weight excluding hydrogens is 376 g/mol. The predicted octanol–water partition coefficient (Wildman–Crippen LogP) is 4.74. The lowest BCUT2D eigenvalue weighted by atomic mass is 9.88. The number of amides is 1. The maximum Gasteiger partial charge on any atom is 0.231 e. The molecule has 1 aliphatic heterocycles. The molecule has 0 fully saturated rings. The van der Waals surface area contributed by atoms with E-state index in [0.29, 0.717) is 13.0 Å². The van der Waals surface area contributed by atoms with Gasteiger partial charge in [0.1, 0.15) is 0 Å². The first-order valence-electron chi connectivity index (χ1n) is 10.0. The van der Waals surface area contributed by atoms with Crippen LogP contribution in [0.4, 0.5) is 0 Å². The van der Waals surface area contributed by atoms with E-state index in [4.69, 9.17) is 9.47 Å². The van der Waals surface area contributed by atoms with Crippen LogP contribution in [0.2, 0.25) is 0 Å². The fourth-order valence-corrected chi connectivity index (χ4v) is 3.98. The Labute approximate surface area is 174 Å². The molecule has 5 nitrogen and oxygen atoms in total. The lowest BCUT2D eigenvalue weighted by molar-refractivity contribution is -0.121. The normalized spacial score (nSPS) is 13.3. The van der Waals surface area contributed by atoms with Gasteiger partial charge in [-0.25, -0.2) is 0 Å². The van der Waals surface area contributed by atoms with Gasteiger partial charge in [0, 0.05) is 36.0 Å². The first kappa shape index (κ1) is 18.3. The van der Waals surface area contributed by atoms with Gasteiger partial charge in [-0.1, -0.05) is 54.6 Å². The van der Waals surface area contributed by atoms with Crippen molar-refractivity contribution in [3.63, 3.8) is 0 Å². The zero-order valence-electron chi connectivity index (χ0n) is 16.4. The second kappa shape index (κ2) is 7.95. The van der Waals surface area contributed by atoms with Gasteiger partial charge in [-0.3, -0.25) is 4.79 Å². The summed E-state index contributed by atoms with van der Waals surface area (Å²) in [5, 5.41) is 4.20. The van der Waals surface area contributed by atoms with Gasteiger partial charge < -0.3 is 19.8 Å². The van der Waals surface area contributed by atoms with Crippen LogP contribution in [0.15, 0.2) is 79.0 Å². The predicted molar refractivity (Wildman–Crippen MR) is 116 cm³/mol. The lowest BCUT2D eigenvalue weighted by Crippen LogP contribution is -2.25. The van der Waals surface area contributed by atoms with Crippen LogP contribution in [0.5, 0.6) is 11.5 Å². The third-order valence-corrected chi connectivity index (χ3v) is 5.51. The van der Waals surface area contributed by atoms with Gasteiger partial charge in [-0.2, -0.15) is 0 Å². The number of ether oxygens (including phenoxy) is 2. The van der Waals surface area contributed by atoms with Crippen molar-refractivity contribution in [2.75, 3.05) is 6.79 Å². The molecule has 0 saturated carbocycles. The minimum atomic E-state index is -0.0286. The average molecular weight is 398 g/mol. The highest BCUT2D eigenvalue weighted by atomic mass is 16.7. The van der Waals surface area contributed by atoms with Gasteiger partial charge in [0.2, 0.25) is 12.7 Å². The van der Waals surface area contributed by atoms with Crippen LogP contribution < -0.4 is 14.8 Å². The Kier molecular flexibility index (Phi) is 4.85. The molecule has 5 heteroatoms. The second-order valence-corrected chi connectivity index (χ2v) is 7.42. The Bertz CT molecular complexity index is 1180. The number of para-hydroxylation sites is 1. The molecule has 0 spiro atoms. The van der Waals surface area contributed by atoms with Crippen LogP contribution in [0.1, 0.15) is 29.0 Å². The Morgan fingerprint density at radius 3 is 2.67 bits per heavy atom. The molecule has 2 N–H and O–H groups in total. The molecular formula is C25H22N2O3. The quantitative estimate of drug-likeness (QED) is 0.493. The van der Waals surface area contributed by atoms with Gasteiger partial charge in [0.05, 0.1) is 0 Å². The summed E-state index contributed by atoms with van der Waals surface area (Å²) in [6.07, 6.45) is 2.39. The molecule has 2 heterocycles. The first-order chi connectivity index (χ1) is 14.8. The number of aromatic amines is 1. The molecule has 1 aliphatic rings. The van der Waals surface area contributed by atoms with Crippen LogP contribution >= 0.6 is 0 Å². The van der Waals surface area contributed by atoms with E-state index < -0.39 is 0 Å². The molecule has 0 bridgehead atoms. The molecule has 1 amide bonds. The average Bonchev–Trinajstić information content (AvgIpc) is 3.43. The molecule has 0 radical (unpaired) electrons. The second-order valence-electron chi connectivity index (χ2n) is 7.42. The van der Waals surface area contributed by atoms with E-state index in [1.54, 1.807) is 0 Å². The van der Waals surface area contributed by atoms with E-state index in [9.17, 15) is 4.79 Å². The van der Waals surface area contributed by atoms with E-state index >= 15 is 0 Å². The number of carbonyl (C=O) groups is 1. The van der Waals surface area contributed by atoms with Crippen LogP contribution in [0.3, 0.4) is 0 Å². The number of rotatable bonds is 6. The van der Waals surface area contributed by atoms with Crippen molar-refractivity contribution in [2.45, 2.75) is 18.9 Å². The summed E-state index contributed by atoms with van der Waals surface area (Å²) in [6, 6.07) is 24.1. The topological polar surface area (TPSA) is 63.4 Å². The number of carbonyl (C=O) groups excluding carboxylic acids is 1. The maximum absolute atomic E-state index is 12.9. The van der Waals surface area contributed by atoms with E-state index in [2.05, 4.69) is 34.6 Å². The molecule has 0 aliphatic carbocycles. The number of hydrogen-bond acceptors (Lipinski definition) is 3. The van der Waals surface area contributed by atoms with Crippen molar-refractivity contribution in [3.05, 3.63) is 95.7 Å². The maximum atomic E-state index is 12.9. The zero-order chi connectivity index (χ0) is 20.3.